The van der Waals surface area contributed by atoms with Crippen LogP contribution in [0.5, 0.6) is 0 Å². The highest BCUT2D eigenvalue weighted by atomic mass is 32.2. The molecule has 0 saturated carbocycles. The summed E-state index contributed by atoms with van der Waals surface area (Å²) in [6.45, 7) is 5.54. The van der Waals surface area contributed by atoms with Crippen LogP contribution in [-0.2, 0) is 14.6 Å². The van der Waals surface area contributed by atoms with Gasteiger partial charge in [-0.25, -0.2) is 8.42 Å². The quantitative estimate of drug-likeness (QED) is 0.695. The van der Waals surface area contributed by atoms with Crippen LogP contribution in [-0.4, -0.2) is 57.4 Å². The van der Waals surface area contributed by atoms with Gasteiger partial charge < -0.3 is 15.2 Å². The van der Waals surface area contributed by atoms with Gasteiger partial charge >= 0.3 is 0 Å². The molecule has 1 aliphatic rings. The van der Waals surface area contributed by atoms with Gasteiger partial charge in [0.25, 0.3) is 0 Å². The Morgan fingerprint density at radius 3 is 2.53 bits per heavy atom. The number of hydrogen-bond donors (Lipinski definition) is 2. The number of rotatable bonds is 6. The van der Waals surface area contributed by atoms with E-state index in [1.807, 2.05) is 0 Å². The maximum absolute atomic E-state index is 11.3. The summed E-state index contributed by atoms with van der Waals surface area (Å²) in [7, 11) is -1.40. The van der Waals surface area contributed by atoms with Crippen molar-refractivity contribution in [3.05, 3.63) is 0 Å². The second-order valence-corrected chi connectivity index (χ2v) is 7.69. The van der Waals surface area contributed by atoms with Gasteiger partial charge in [0.15, 0.2) is 9.84 Å². The van der Waals surface area contributed by atoms with Crippen molar-refractivity contribution < 1.29 is 18.3 Å². The van der Waals surface area contributed by atoms with E-state index in [4.69, 9.17) is 4.74 Å². The van der Waals surface area contributed by atoms with Crippen LogP contribution in [0.4, 0.5) is 0 Å². The first-order valence-electron chi connectivity index (χ1n) is 5.86. The molecule has 1 rings (SSSR count). The Labute approximate surface area is 103 Å². The van der Waals surface area contributed by atoms with Crippen molar-refractivity contribution in [1.29, 1.82) is 0 Å². The number of hydrogen-bond acceptors (Lipinski definition) is 5. The van der Waals surface area contributed by atoms with Crippen LogP contribution in [0, 0.1) is 5.41 Å². The smallest absolute Gasteiger partial charge is 0.154 e. The molecule has 2 atom stereocenters. The van der Waals surface area contributed by atoms with E-state index in [2.05, 4.69) is 19.2 Å². The lowest BCUT2D eigenvalue weighted by Gasteiger charge is -2.27. The Morgan fingerprint density at radius 2 is 2.06 bits per heavy atom. The van der Waals surface area contributed by atoms with Crippen LogP contribution < -0.4 is 5.32 Å². The van der Waals surface area contributed by atoms with E-state index >= 15 is 0 Å². The van der Waals surface area contributed by atoms with Gasteiger partial charge in [0.1, 0.15) is 0 Å². The van der Waals surface area contributed by atoms with Gasteiger partial charge in [0.2, 0.25) is 0 Å². The van der Waals surface area contributed by atoms with Crippen molar-refractivity contribution in [3.8, 4) is 0 Å². The lowest BCUT2D eigenvalue weighted by Crippen LogP contribution is -2.43. The molecule has 5 nitrogen and oxygen atoms in total. The van der Waals surface area contributed by atoms with E-state index < -0.39 is 15.9 Å². The molecule has 0 aromatic carbocycles. The van der Waals surface area contributed by atoms with Gasteiger partial charge in [-0.2, -0.15) is 0 Å². The van der Waals surface area contributed by atoms with Gasteiger partial charge in [-0.3, -0.25) is 0 Å². The summed E-state index contributed by atoms with van der Waals surface area (Å²) >= 11 is 0. The average molecular weight is 265 g/mol. The summed E-state index contributed by atoms with van der Waals surface area (Å²) in [5, 5.41) is 12.8. The largest absolute Gasteiger partial charge is 0.390 e. The minimum absolute atomic E-state index is 0.0298. The third-order valence-corrected chi connectivity index (χ3v) is 4.86. The lowest BCUT2D eigenvalue weighted by molar-refractivity contribution is 0.133. The number of sulfone groups is 1. The summed E-state index contributed by atoms with van der Waals surface area (Å²) in [6.07, 6.45) is 0.115. The van der Waals surface area contributed by atoms with Gasteiger partial charge in [-0.15, -0.1) is 0 Å². The zero-order valence-corrected chi connectivity index (χ0v) is 11.6. The Balaban J connectivity index is 2.40. The topological polar surface area (TPSA) is 75.6 Å². The normalized spacial score (nSPS) is 28.5. The second kappa shape index (κ2) is 5.65. The fourth-order valence-corrected chi connectivity index (χ4v) is 3.67. The molecule has 0 aromatic heterocycles. The zero-order chi connectivity index (χ0) is 13.1. The molecule has 0 aliphatic carbocycles. The molecule has 1 saturated heterocycles. The first-order valence-corrected chi connectivity index (χ1v) is 7.69. The molecular weight excluding hydrogens is 242 g/mol. The molecule has 102 valence electrons. The minimum atomic E-state index is -3.07. The van der Waals surface area contributed by atoms with Crippen molar-refractivity contribution >= 4 is 9.84 Å². The van der Waals surface area contributed by atoms with Crippen molar-refractivity contribution in [2.45, 2.75) is 32.4 Å². The highest BCUT2D eigenvalue weighted by molar-refractivity contribution is 7.91. The Hall–Kier alpha value is -0.170. The van der Waals surface area contributed by atoms with Crippen LogP contribution in [0.1, 0.15) is 20.3 Å². The zero-order valence-electron chi connectivity index (χ0n) is 10.8. The van der Waals surface area contributed by atoms with Crippen molar-refractivity contribution in [2.75, 3.05) is 31.8 Å². The Kier molecular flexibility index (Phi) is 4.95. The van der Waals surface area contributed by atoms with E-state index in [0.717, 1.165) is 6.42 Å². The van der Waals surface area contributed by atoms with Crippen LogP contribution in [0.25, 0.3) is 0 Å². The summed E-state index contributed by atoms with van der Waals surface area (Å²) in [4.78, 5) is 0. The molecule has 0 amide bonds. The molecule has 0 spiro atoms. The third-order valence-electron chi connectivity index (χ3n) is 3.15. The number of methoxy groups -OCH3 is 1. The number of ether oxygens (including phenoxy) is 1. The van der Waals surface area contributed by atoms with Gasteiger partial charge in [0, 0.05) is 26.3 Å². The van der Waals surface area contributed by atoms with Gasteiger partial charge in [-0.05, 0) is 11.8 Å². The summed E-state index contributed by atoms with van der Waals surface area (Å²) in [6, 6.07) is -0.332. The summed E-state index contributed by atoms with van der Waals surface area (Å²) < 4.78 is 27.7. The first kappa shape index (κ1) is 14.9. The van der Waals surface area contributed by atoms with E-state index in [-0.39, 0.29) is 23.0 Å². The molecule has 6 heteroatoms. The highest BCUT2D eigenvalue weighted by Crippen LogP contribution is 2.20. The monoisotopic (exact) mass is 265 g/mol. The Bertz CT molecular complexity index is 339. The maximum atomic E-state index is 11.3. The maximum Gasteiger partial charge on any atom is 0.154 e. The number of nitrogens with one attached hydrogen (secondary N) is 1. The molecule has 1 fully saturated rings. The van der Waals surface area contributed by atoms with Crippen LogP contribution in [0.15, 0.2) is 0 Å². The van der Waals surface area contributed by atoms with E-state index in [1.165, 1.54) is 0 Å². The molecule has 0 aromatic rings. The average Bonchev–Trinajstić information content (AvgIpc) is 2.46. The van der Waals surface area contributed by atoms with Crippen LogP contribution in [0.2, 0.25) is 0 Å². The molecule has 2 N–H and O–H groups in total. The van der Waals surface area contributed by atoms with Crippen molar-refractivity contribution in [2.24, 2.45) is 5.41 Å². The number of aliphatic hydroxyl groups is 1. The highest BCUT2D eigenvalue weighted by Gasteiger charge is 2.36. The predicted octanol–water partition coefficient (Wildman–Crippen LogP) is -0.203. The molecular formula is C11H23NO4S. The standard InChI is InChI=1S/C11H23NO4S/c1-11(2,4-5-16-3)8-12-9-6-17(14,15)7-10(9)13/h9-10,12-13H,4-8H2,1-3H3. The van der Waals surface area contributed by atoms with E-state index in [0.29, 0.717) is 13.2 Å². The molecule has 17 heavy (non-hydrogen) atoms. The molecule has 0 radical (unpaired) electrons. The summed E-state index contributed by atoms with van der Waals surface area (Å²) in [5.41, 5.74) is 0.0298. The van der Waals surface area contributed by atoms with Crippen molar-refractivity contribution in [3.63, 3.8) is 0 Å². The van der Waals surface area contributed by atoms with E-state index in [9.17, 15) is 13.5 Å². The molecule has 0 bridgehead atoms. The van der Waals surface area contributed by atoms with Crippen LogP contribution in [0.3, 0.4) is 0 Å². The first-order chi connectivity index (χ1) is 7.76. The minimum Gasteiger partial charge on any atom is -0.390 e. The second-order valence-electron chi connectivity index (χ2n) is 5.54. The molecule has 2 unspecified atom stereocenters. The summed E-state index contributed by atoms with van der Waals surface area (Å²) in [5.74, 6) is -0.0856. The Morgan fingerprint density at radius 1 is 1.41 bits per heavy atom. The van der Waals surface area contributed by atoms with Crippen molar-refractivity contribution in [1.82, 2.24) is 5.32 Å². The molecule has 1 aliphatic heterocycles. The fourth-order valence-electron chi connectivity index (χ4n) is 1.90. The van der Waals surface area contributed by atoms with Crippen LogP contribution >= 0.6 is 0 Å². The lowest BCUT2D eigenvalue weighted by atomic mass is 9.89. The fraction of sp³-hybridized carbons (Fsp3) is 1.00. The predicted molar refractivity (Wildman–Crippen MR) is 66.7 cm³/mol. The molecule has 1 heterocycles. The number of aliphatic hydroxyl groups excluding tert-OH is 1. The van der Waals surface area contributed by atoms with Gasteiger partial charge in [-0.1, -0.05) is 13.8 Å². The van der Waals surface area contributed by atoms with E-state index in [1.54, 1.807) is 7.11 Å². The van der Waals surface area contributed by atoms with Gasteiger partial charge in [0.05, 0.1) is 17.6 Å². The SMILES string of the molecule is COCCC(C)(C)CNC1CS(=O)(=O)CC1O. The third kappa shape index (κ3) is 4.91.